The normalized spacial score (nSPS) is 10.1. The van der Waals surface area contributed by atoms with Gasteiger partial charge < -0.3 is 5.11 Å². The van der Waals surface area contributed by atoms with E-state index in [-0.39, 0.29) is 24.4 Å². The minimum Gasteiger partial charge on any atom is -0.478 e. The third-order valence-corrected chi connectivity index (χ3v) is 1.79. The summed E-state index contributed by atoms with van der Waals surface area (Å²) in [6, 6.07) is 0. The summed E-state index contributed by atoms with van der Waals surface area (Å²) in [5.74, 6) is -1.06. The molecular weight excluding hydrogens is 235 g/mol. The molecule has 0 aliphatic rings. The minimum atomic E-state index is -1.06. The number of carbonyl (C=O) groups is 1. The zero-order valence-electron chi connectivity index (χ0n) is 8.47. The molecule has 0 aliphatic heterocycles. The molecule has 6 heteroatoms. The van der Waals surface area contributed by atoms with Gasteiger partial charge in [-0.25, -0.2) is 9.18 Å². The number of hydrogen-bond donors (Lipinski definition) is 1. The highest BCUT2D eigenvalue weighted by molar-refractivity contribution is 5.88. The Morgan fingerprint density at radius 3 is 2.88 bits per heavy atom. The molecule has 1 aromatic heterocycles. The van der Waals surface area contributed by atoms with Crippen molar-refractivity contribution in [3.63, 3.8) is 0 Å². The third-order valence-electron chi connectivity index (χ3n) is 1.79. The van der Waals surface area contributed by atoms with Crippen LogP contribution in [0.1, 0.15) is 16.1 Å². The Bertz CT molecular complexity index is 402. The largest absolute Gasteiger partial charge is 0.478 e. The van der Waals surface area contributed by atoms with Crippen molar-refractivity contribution < 1.29 is 14.3 Å². The van der Waals surface area contributed by atoms with Gasteiger partial charge in [-0.1, -0.05) is 12.2 Å². The van der Waals surface area contributed by atoms with Gasteiger partial charge in [-0.15, -0.1) is 19.0 Å². The van der Waals surface area contributed by atoms with Crippen LogP contribution in [-0.4, -0.2) is 20.9 Å². The Kier molecular flexibility index (Phi) is 6.10. The first-order valence-electron chi connectivity index (χ1n) is 4.34. The summed E-state index contributed by atoms with van der Waals surface area (Å²) in [6.45, 7) is 3.95. The fraction of sp³-hybridized carbons (Fsp3) is 0.200. The summed E-state index contributed by atoms with van der Waals surface area (Å²) < 4.78 is 13.2. The number of carboxylic acids is 1. The van der Waals surface area contributed by atoms with Gasteiger partial charge in [-0.3, -0.25) is 4.68 Å². The number of aromatic nitrogens is 2. The molecule has 0 atom stereocenters. The quantitative estimate of drug-likeness (QED) is 0.811. The van der Waals surface area contributed by atoms with Crippen LogP contribution in [0.15, 0.2) is 31.3 Å². The number of nitrogens with zero attached hydrogens (tertiary/aromatic N) is 2. The van der Waals surface area contributed by atoms with Crippen molar-refractivity contribution in [2.45, 2.75) is 13.0 Å². The lowest BCUT2D eigenvalue weighted by atomic mass is 10.2. The third kappa shape index (κ3) is 3.51. The van der Waals surface area contributed by atoms with E-state index in [0.29, 0.717) is 18.6 Å². The zero-order valence-corrected chi connectivity index (χ0v) is 9.28. The van der Waals surface area contributed by atoms with Crippen molar-refractivity contribution in [3.8, 4) is 0 Å². The number of aromatic carboxylic acids is 1. The van der Waals surface area contributed by atoms with Crippen LogP contribution in [-0.2, 0) is 13.0 Å². The summed E-state index contributed by atoms with van der Waals surface area (Å²) in [6.07, 6.45) is 4.77. The molecule has 1 N–H and O–H groups in total. The van der Waals surface area contributed by atoms with Crippen LogP contribution in [0.25, 0.3) is 0 Å². The second-order valence-corrected chi connectivity index (χ2v) is 2.87. The molecule has 0 bridgehead atoms. The summed E-state index contributed by atoms with van der Waals surface area (Å²) in [5, 5.41) is 12.9. The molecule has 0 radical (unpaired) electrons. The Morgan fingerprint density at radius 2 is 2.38 bits per heavy atom. The smallest absolute Gasteiger partial charge is 0.339 e. The minimum absolute atomic E-state index is 0. The summed E-state index contributed by atoms with van der Waals surface area (Å²) >= 11 is 0. The standard InChI is InChI=1S/C10H11FN2O2.ClH/c1-2-6-13-7-8(10(14)15)9(12-13)4-3-5-11;/h2-3,5,7H,1,4,6H2,(H,14,15);1H. The molecule has 0 amide bonds. The van der Waals surface area contributed by atoms with Crippen molar-refractivity contribution in [2.75, 3.05) is 0 Å². The number of allylic oxidation sites excluding steroid dienone is 2. The van der Waals surface area contributed by atoms with E-state index in [4.69, 9.17) is 5.11 Å². The highest BCUT2D eigenvalue weighted by atomic mass is 35.5. The van der Waals surface area contributed by atoms with Gasteiger partial charge in [0.25, 0.3) is 0 Å². The van der Waals surface area contributed by atoms with Crippen molar-refractivity contribution in [1.82, 2.24) is 9.78 Å². The molecule has 88 valence electrons. The van der Waals surface area contributed by atoms with E-state index in [0.717, 1.165) is 0 Å². The maximum absolute atomic E-state index is 11.8. The maximum atomic E-state index is 11.8. The van der Waals surface area contributed by atoms with Crippen molar-refractivity contribution in [2.24, 2.45) is 0 Å². The SMILES string of the molecule is C=CCn1cc(C(=O)O)c(CC=CF)n1.Cl. The molecule has 0 unspecified atom stereocenters. The number of hydrogen-bond acceptors (Lipinski definition) is 2. The molecule has 0 saturated heterocycles. The zero-order chi connectivity index (χ0) is 11.3. The van der Waals surface area contributed by atoms with Gasteiger partial charge in [0.15, 0.2) is 0 Å². The van der Waals surface area contributed by atoms with Crippen LogP contribution in [0.4, 0.5) is 4.39 Å². The van der Waals surface area contributed by atoms with Gasteiger partial charge in [0.1, 0.15) is 5.56 Å². The van der Waals surface area contributed by atoms with E-state index in [1.807, 2.05) is 0 Å². The van der Waals surface area contributed by atoms with Gasteiger partial charge in [0.05, 0.1) is 18.6 Å². The first-order chi connectivity index (χ1) is 7.19. The van der Waals surface area contributed by atoms with Gasteiger partial charge >= 0.3 is 5.97 Å². The molecule has 16 heavy (non-hydrogen) atoms. The highest BCUT2D eigenvalue weighted by Crippen LogP contribution is 2.08. The van der Waals surface area contributed by atoms with Crippen LogP contribution in [0, 0.1) is 0 Å². The van der Waals surface area contributed by atoms with E-state index >= 15 is 0 Å². The molecule has 1 heterocycles. The molecule has 0 spiro atoms. The van der Waals surface area contributed by atoms with Crippen molar-refractivity contribution >= 4 is 18.4 Å². The molecule has 4 nitrogen and oxygen atoms in total. The summed E-state index contributed by atoms with van der Waals surface area (Å²) in [4.78, 5) is 10.8. The average Bonchev–Trinajstić information content (AvgIpc) is 2.59. The lowest BCUT2D eigenvalue weighted by molar-refractivity contribution is 0.0696. The van der Waals surface area contributed by atoms with Crippen LogP contribution in [0.5, 0.6) is 0 Å². The van der Waals surface area contributed by atoms with E-state index < -0.39 is 5.97 Å². The molecule has 0 aromatic carbocycles. The highest BCUT2D eigenvalue weighted by Gasteiger charge is 2.13. The average molecular weight is 247 g/mol. The number of rotatable bonds is 5. The van der Waals surface area contributed by atoms with E-state index in [2.05, 4.69) is 11.7 Å². The Morgan fingerprint density at radius 1 is 1.69 bits per heavy atom. The molecule has 0 aliphatic carbocycles. The van der Waals surface area contributed by atoms with Gasteiger partial charge in [-0.2, -0.15) is 5.10 Å². The second-order valence-electron chi connectivity index (χ2n) is 2.87. The summed E-state index contributed by atoms with van der Waals surface area (Å²) in [5.41, 5.74) is 0.438. The van der Waals surface area contributed by atoms with Crippen LogP contribution < -0.4 is 0 Å². The predicted octanol–water partition coefficient (Wildman–Crippen LogP) is 2.21. The fourth-order valence-corrected chi connectivity index (χ4v) is 1.17. The first-order valence-corrected chi connectivity index (χ1v) is 4.34. The van der Waals surface area contributed by atoms with Gasteiger partial charge in [-0.05, 0) is 0 Å². The second kappa shape index (κ2) is 6.79. The van der Waals surface area contributed by atoms with Gasteiger partial charge in [0.2, 0.25) is 0 Å². The molecule has 1 aromatic rings. The Labute approximate surface area is 98.5 Å². The van der Waals surface area contributed by atoms with Gasteiger partial charge in [0, 0.05) is 12.6 Å². The molecule has 0 saturated carbocycles. The summed E-state index contributed by atoms with van der Waals surface area (Å²) in [7, 11) is 0. The topological polar surface area (TPSA) is 55.1 Å². The number of halogens is 2. The van der Waals surface area contributed by atoms with E-state index in [1.165, 1.54) is 17.0 Å². The maximum Gasteiger partial charge on any atom is 0.339 e. The van der Waals surface area contributed by atoms with Crippen LogP contribution >= 0.6 is 12.4 Å². The number of carboxylic acid groups (broad SMARTS) is 1. The lowest BCUT2D eigenvalue weighted by Gasteiger charge is -1.92. The molecule has 1 rings (SSSR count). The lowest BCUT2D eigenvalue weighted by Crippen LogP contribution is -1.98. The first kappa shape index (κ1) is 14.4. The predicted molar refractivity (Wildman–Crippen MR) is 60.6 cm³/mol. The monoisotopic (exact) mass is 246 g/mol. The van der Waals surface area contributed by atoms with E-state index in [1.54, 1.807) is 6.08 Å². The van der Waals surface area contributed by atoms with E-state index in [9.17, 15) is 9.18 Å². The van der Waals surface area contributed by atoms with Crippen LogP contribution in [0.2, 0.25) is 0 Å². The van der Waals surface area contributed by atoms with Crippen molar-refractivity contribution in [1.29, 1.82) is 0 Å². The molecule has 0 fully saturated rings. The van der Waals surface area contributed by atoms with Crippen molar-refractivity contribution in [3.05, 3.63) is 42.5 Å². The fourth-order valence-electron chi connectivity index (χ4n) is 1.17. The Balaban J connectivity index is 0.00000225. The molecular formula is C10H12ClFN2O2. The Hall–Kier alpha value is -1.62. The van der Waals surface area contributed by atoms with Crippen LogP contribution in [0.3, 0.4) is 0 Å².